The van der Waals surface area contributed by atoms with Crippen LogP contribution >= 0.6 is 0 Å². The summed E-state index contributed by atoms with van der Waals surface area (Å²) in [5.74, 6) is 0.910. The SMILES string of the molecule is CC1(C)c2ccccc2N(c2cc(-c3ccccc3)c(N3c4ccccc4C(C)(C)c4ccccc43)nc2-c2ccccc2)c2ccccc21. The zero-order chi connectivity index (χ0) is 34.0. The van der Waals surface area contributed by atoms with Gasteiger partial charge in [0.25, 0.3) is 0 Å². The van der Waals surface area contributed by atoms with Gasteiger partial charge in [0.05, 0.1) is 34.1 Å². The first-order chi connectivity index (χ1) is 24.4. The average molecular weight is 646 g/mol. The molecule has 0 amide bonds. The third-order valence-corrected chi connectivity index (χ3v) is 10.8. The lowest BCUT2D eigenvalue weighted by Crippen LogP contribution is -2.32. The van der Waals surface area contributed by atoms with Crippen molar-refractivity contribution in [2.75, 3.05) is 9.80 Å². The highest BCUT2D eigenvalue weighted by Crippen LogP contribution is 2.57. The van der Waals surface area contributed by atoms with Crippen LogP contribution in [0.25, 0.3) is 22.4 Å². The molecule has 2 aliphatic rings. The molecule has 0 saturated heterocycles. The van der Waals surface area contributed by atoms with E-state index in [1.54, 1.807) is 0 Å². The summed E-state index contributed by atoms with van der Waals surface area (Å²) in [6, 6.07) is 59.2. The predicted octanol–water partition coefficient (Wildman–Crippen LogP) is 12.6. The van der Waals surface area contributed by atoms with Gasteiger partial charge in [-0.1, -0.05) is 161 Å². The minimum atomic E-state index is -0.174. The molecule has 0 fully saturated rings. The van der Waals surface area contributed by atoms with Gasteiger partial charge in [-0.3, -0.25) is 4.90 Å². The molecule has 6 aromatic carbocycles. The molecular weight excluding hydrogens is 607 g/mol. The fourth-order valence-electron chi connectivity index (χ4n) is 8.30. The Kier molecular flexibility index (Phi) is 6.82. The van der Waals surface area contributed by atoms with Crippen LogP contribution in [0.1, 0.15) is 49.9 Å². The molecule has 0 atom stereocenters. The van der Waals surface area contributed by atoms with Crippen molar-refractivity contribution in [2.45, 2.75) is 38.5 Å². The molecule has 242 valence electrons. The Balaban J connectivity index is 1.41. The fraction of sp³-hybridized carbons (Fsp3) is 0.128. The van der Waals surface area contributed by atoms with Gasteiger partial charge in [0.1, 0.15) is 5.82 Å². The number of anilines is 6. The van der Waals surface area contributed by atoms with Crippen LogP contribution in [0, 0.1) is 0 Å². The van der Waals surface area contributed by atoms with Crippen LogP contribution in [0.2, 0.25) is 0 Å². The standard InChI is InChI=1S/C47H39N3/c1-46(2)35-23-11-15-27-39(35)49(40-28-16-12-24-36(40)46)43-31-34(32-19-7-5-8-20-32)45(48-44(43)33-21-9-6-10-22-33)50-41-29-17-13-25-37(41)47(3,4)38-26-14-18-30-42(38)50/h5-31H,1-4H3. The van der Waals surface area contributed by atoms with E-state index in [2.05, 4.69) is 201 Å². The second-order valence-corrected chi connectivity index (χ2v) is 14.4. The van der Waals surface area contributed by atoms with Gasteiger partial charge in [0, 0.05) is 22.0 Å². The summed E-state index contributed by atoms with van der Waals surface area (Å²) in [6.45, 7) is 9.34. The second-order valence-electron chi connectivity index (χ2n) is 14.4. The molecule has 7 aromatic rings. The Bertz CT molecular complexity index is 2120. The van der Waals surface area contributed by atoms with Gasteiger partial charge < -0.3 is 4.90 Å². The Hall–Kier alpha value is -5.93. The van der Waals surface area contributed by atoms with Crippen LogP contribution < -0.4 is 9.80 Å². The number of aromatic nitrogens is 1. The monoisotopic (exact) mass is 645 g/mol. The maximum Gasteiger partial charge on any atom is 0.146 e. The lowest BCUT2D eigenvalue weighted by molar-refractivity contribution is 0.631. The van der Waals surface area contributed by atoms with Crippen molar-refractivity contribution >= 4 is 34.3 Å². The third-order valence-electron chi connectivity index (χ3n) is 10.8. The topological polar surface area (TPSA) is 19.4 Å². The smallest absolute Gasteiger partial charge is 0.146 e. The van der Waals surface area contributed by atoms with Gasteiger partial charge >= 0.3 is 0 Å². The number of hydrogen-bond acceptors (Lipinski definition) is 3. The number of hydrogen-bond donors (Lipinski definition) is 0. The third kappa shape index (κ3) is 4.46. The summed E-state index contributed by atoms with van der Waals surface area (Å²) in [7, 11) is 0. The maximum absolute atomic E-state index is 5.83. The number of benzene rings is 6. The molecule has 3 nitrogen and oxygen atoms in total. The summed E-state index contributed by atoms with van der Waals surface area (Å²) in [6.07, 6.45) is 0. The van der Waals surface area contributed by atoms with E-state index in [0.717, 1.165) is 45.3 Å². The molecular formula is C47H39N3. The Morgan fingerprint density at radius 2 is 0.740 bits per heavy atom. The van der Waals surface area contributed by atoms with Crippen molar-refractivity contribution < 1.29 is 0 Å². The molecule has 2 aliphatic heterocycles. The molecule has 0 spiro atoms. The molecule has 0 N–H and O–H groups in total. The largest absolute Gasteiger partial charge is 0.308 e. The summed E-state index contributed by atoms with van der Waals surface area (Å²) < 4.78 is 0. The van der Waals surface area contributed by atoms with E-state index in [4.69, 9.17) is 4.98 Å². The van der Waals surface area contributed by atoms with Crippen LogP contribution in [0.15, 0.2) is 164 Å². The van der Waals surface area contributed by atoms with Crippen LogP contribution in [0.5, 0.6) is 0 Å². The zero-order valence-electron chi connectivity index (χ0n) is 28.9. The fourth-order valence-corrected chi connectivity index (χ4v) is 8.30. The lowest BCUT2D eigenvalue weighted by Gasteiger charge is -2.43. The number of nitrogens with zero attached hydrogens (tertiary/aromatic N) is 3. The molecule has 0 radical (unpaired) electrons. The molecule has 0 unspecified atom stereocenters. The minimum Gasteiger partial charge on any atom is -0.308 e. The number of para-hydroxylation sites is 4. The summed E-state index contributed by atoms with van der Waals surface area (Å²) >= 11 is 0. The van der Waals surface area contributed by atoms with Crippen molar-refractivity contribution in [3.8, 4) is 22.4 Å². The molecule has 0 aliphatic carbocycles. The van der Waals surface area contributed by atoms with Gasteiger partial charge in [0.15, 0.2) is 0 Å². The van der Waals surface area contributed by atoms with Crippen LogP contribution in [0.4, 0.5) is 34.3 Å². The van der Waals surface area contributed by atoms with E-state index >= 15 is 0 Å². The zero-order valence-corrected chi connectivity index (χ0v) is 28.9. The van der Waals surface area contributed by atoms with E-state index in [0.29, 0.717) is 0 Å². The highest BCUT2D eigenvalue weighted by atomic mass is 15.2. The van der Waals surface area contributed by atoms with E-state index in [1.165, 1.54) is 33.6 Å². The first-order valence-electron chi connectivity index (χ1n) is 17.5. The van der Waals surface area contributed by atoms with Crippen molar-refractivity contribution in [3.05, 3.63) is 186 Å². The predicted molar refractivity (Wildman–Crippen MR) is 209 cm³/mol. The number of rotatable bonds is 4. The highest BCUT2D eigenvalue weighted by molar-refractivity contribution is 5.98. The summed E-state index contributed by atoms with van der Waals surface area (Å²) in [5.41, 5.74) is 14.7. The number of pyridine rings is 1. The van der Waals surface area contributed by atoms with Crippen LogP contribution in [-0.4, -0.2) is 4.98 Å². The molecule has 0 bridgehead atoms. The molecule has 0 saturated carbocycles. The molecule has 3 heteroatoms. The quantitative estimate of drug-likeness (QED) is 0.190. The van der Waals surface area contributed by atoms with Crippen LogP contribution in [0.3, 0.4) is 0 Å². The van der Waals surface area contributed by atoms with Gasteiger partial charge in [-0.05, 0) is 58.1 Å². The summed E-state index contributed by atoms with van der Waals surface area (Å²) in [4.78, 5) is 10.7. The Labute approximate surface area is 295 Å². The van der Waals surface area contributed by atoms with Crippen molar-refractivity contribution in [1.82, 2.24) is 4.98 Å². The van der Waals surface area contributed by atoms with E-state index in [9.17, 15) is 0 Å². The number of fused-ring (bicyclic) bond motifs is 4. The Morgan fingerprint density at radius 3 is 1.18 bits per heavy atom. The Morgan fingerprint density at radius 1 is 0.380 bits per heavy atom. The van der Waals surface area contributed by atoms with Gasteiger partial charge in [-0.2, -0.15) is 0 Å². The molecule has 3 heterocycles. The van der Waals surface area contributed by atoms with Gasteiger partial charge in [-0.25, -0.2) is 4.98 Å². The highest BCUT2D eigenvalue weighted by Gasteiger charge is 2.40. The minimum absolute atomic E-state index is 0.166. The first-order valence-corrected chi connectivity index (χ1v) is 17.5. The lowest BCUT2D eigenvalue weighted by atomic mass is 9.73. The van der Waals surface area contributed by atoms with Gasteiger partial charge in [0.2, 0.25) is 0 Å². The average Bonchev–Trinajstić information content (AvgIpc) is 3.16. The van der Waals surface area contributed by atoms with Gasteiger partial charge in [-0.15, -0.1) is 0 Å². The van der Waals surface area contributed by atoms with Crippen molar-refractivity contribution in [1.29, 1.82) is 0 Å². The normalized spacial score (nSPS) is 15.0. The van der Waals surface area contributed by atoms with E-state index in [1.807, 2.05) is 0 Å². The van der Waals surface area contributed by atoms with Crippen molar-refractivity contribution in [2.24, 2.45) is 0 Å². The first kappa shape index (κ1) is 30.2. The molecule has 50 heavy (non-hydrogen) atoms. The van der Waals surface area contributed by atoms with Crippen molar-refractivity contribution in [3.63, 3.8) is 0 Å². The summed E-state index contributed by atoms with van der Waals surface area (Å²) in [5, 5.41) is 0. The van der Waals surface area contributed by atoms with E-state index in [-0.39, 0.29) is 10.8 Å². The molecule has 1 aromatic heterocycles. The van der Waals surface area contributed by atoms with Crippen LogP contribution in [-0.2, 0) is 10.8 Å². The maximum atomic E-state index is 5.83. The van der Waals surface area contributed by atoms with E-state index < -0.39 is 0 Å². The second kappa shape index (κ2) is 11.3. The molecule has 9 rings (SSSR count).